The minimum absolute atomic E-state index is 0.0865. The number of carboxylic acids is 1. The third kappa shape index (κ3) is 1.81. The fraction of sp³-hybridized carbons (Fsp3) is 0.0909. The quantitative estimate of drug-likeness (QED) is 0.827. The number of hydrogen-bond donors (Lipinski definition) is 2. The van der Waals surface area contributed by atoms with Gasteiger partial charge in [0.25, 0.3) is 0 Å². The van der Waals surface area contributed by atoms with E-state index in [1.165, 1.54) is 5.37 Å². The Labute approximate surface area is 102 Å². The van der Waals surface area contributed by atoms with Crippen LogP contribution in [0.5, 0.6) is 0 Å². The lowest BCUT2D eigenvalue weighted by Gasteiger charge is -2.03. The van der Waals surface area contributed by atoms with Gasteiger partial charge in [0.1, 0.15) is 0 Å². The van der Waals surface area contributed by atoms with Gasteiger partial charge in [0.05, 0.1) is 11.4 Å². The molecule has 82 valence electrons. The van der Waals surface area contributed by atoms with Gasteiger partial charge in [0, 0.05) is 28.0 Å². The second-order valence-electron chi connectivity index (χ2n) is 3.39. The molecule has 2 rings (SSSR count). The Balaban J connectivity index is 2.66. The second-order valence-corrected chi connectivity index (χ2v) is 4.01. The molecule has 2 N–H and O–H groups in total. The van der Waals surface area contributed by atoms with Gasteiger partial charge < -0.3 is 10.1 Å². The number of benzene rings is 1. The van der Waals surface area contributed by atoms with Crippen molar-refractivity contribution in [2.75, 3.05) is 0 Å². The number of aliphatic carboxylic acids is 1. The predicted octanol–water partition coefficient (Wildman–Crippen LogP) is 2.80. The van der Waals surface area contributed by atoms with Gasteiger partial charge in [-0.2, -0.15) is 0 Å². The standard InChI is InChI=1S/C11H8ClNO2S/c12-11-6(3-9(14)15)1-2-8-10(11)7(5-16)4-13-8/h1-2,4-5,13H,3H2,(H,14,15). The molecule has 5 heteroatoms. The molecule has 0 unspecified atom stereocenters. The first-order chi connectivity index (χ1) is 7.63. The van der Waals surface area contributed by atoms with Crippen molar-refractivity contribution in [3.63, 3.8) is 0 Å². The summed E-state index contributed by atoms with van der Waals surface area (Å²) in [6.07, 6.45) is 1.67. The largest absolute Gasteiger partial charge is 0.481 e. The monoisotopic (exact) mass is 253 g/mol. The maximum absolute atomic E-state index is 10.7. The Bertz CT molecular complexity index is 577. The molecule has 0 aliphatic rings. The summed E-state index contributed by atoms with van der Waals surface area (Å²) in [7, 11) is 0. The van der Waals surface area contributed by atoms with Gasteiger partial charge >= 0.3 is 5.97 Å². The van der Waals surface area contributed by atoms with Crippen LogP contribution < -0.4 is 0 Å². The van der Waals surface area contributed by atoms with Crippen LogP contribution in [0.15, 0.2) is 18.3 Å². The minimum Gasteiger partial charge on any atom is -0.481 e. The van der Waals surface area contributed by atoms with E-state index in [4.69, 9.17) is 28.9 Å². The summed E-state index contributed by atoms with van der Waals surface area (Å²) in [5.41, 5.74) is 2.26. The van der Waals surface area contributed by atoms with Crippen LogP contribution in [0.1, 0.15) is 11.1 Å². The van der Waals surface area contributed by atoms with Crippen LogP contribution in [-0.2, 0) is 11.2 Å². The number of aromatic nitrogens is 1. The number of thiocarbonyl (C=S) groups is 1. The molecule has 1 aromatic heterocycles. The second kappa shape index (κ2) is 4.23. The minimum atomic E-state index is -0.902. The number of H-pyrrole nitrogens is 1. The van der Waals surface area contributed by atoms with Gasteiger partial charge in [-0.3, -0.25) is 4.79 Å². The summed E-state index contributed by atoms with van der Waals surface area (Å²) in [6, 6.07) is 3.52. The molecule has 16 heavy (non-hydrogen) atoms. The van der Waals surface area contributed by atoms with Gasteiger partial charge in [-0.25, -0.2) is 0 Å². The lowest BCUT2D eigenvalue weighted by atomic mass is 10.1. The SMILES string of the molecule is O=C(O)Cc1ccc2[nH]cc(C=S)c2c1Cl. The van der Waals surface area contributed by atoms with E-state index in [1.807, 2.05) is 6.07 Å². The summed E-state index contributed by atoms with van der Waals surface area (Å²) in [5.74, 6) is -0.902. The normalized spacial score (nSPS) is 10.6. The van der Waals surface area contributed by atoms with Crippen LogP contribution in [0.4, 0.5) is 0 Å². The number of aromatic amines is 1. The number of carbonyl (C=O) groups is 1. The van der Waals surface area contributed by atoms with E-state index in [-0.39, 0.29) is 6.42 Å². The molecular formula is C11H8ClNO2S. The van der Waals surface area contributed by atoms with Crippen molar-refractivity contribution in [2.45, 2.75) is 6.42 Å². The van der Waals surface area contributed by atoms with E-state index in [2.05, 4.69) is 4.98 Å². The molecule has 2 aromatic rings. The topological polar surface area (TPSA) is 53.1 Å². The number of nitrogens with one attached hydrogen (secondary N) is 1. The Kier molecular flexibility index (Phi) is 2.94. The molecular weight excluding hydrogens is 246 g/mol. The van der Waals surface area contributed by atoms with E-state index < -0.39 is 5.97 Å². The van der Waals surface area contributed by atoms with Gasteiger partial charge in [-0.15, -0.1) is 0 Å². The van der Waals surface area contributed by atoms with Crippen LogP contribution in [-0.4, -0.2) is 21.4 Å². The molecule has 0 radical (unpaired) electrons. The van der Waals surface area contributed by atoms with Gasteiger partial charge in [-0.05, 0) is 11.6 Å². The molecule has 0 saturated heterocycles. The number of carboxylic acid groups (broad SMARTS) is 1. The molecule has 3 nitrogen and oxygen atoms in total. The van der Waals surface area contributed by atoms with Crippen molar-refractivity contribution < 1.29 is 9.90 Å². The number of rotatable bonds is 3. The summed E-state index contributed by atoms with van der Waals surface area (Å²) in [5, 5.41) is 11.5. The average Bonchev–Trinajstić information content (AvgIpc) is 2.65. The van der Waals surface area contributed by atoms with Gasteiger partial charge in [-0.1, -0.05) is 29.9 Å². The number of hydrogen-bond acceptors (Lipinski definition) is 2. The first-order valence-corrected chi connectivity index (χ1v) is 5.44. The zero-order valence-electron chi connectivity index (χ0n) is 8.16. The highest BCUT2D eigenvalue weighted by Crippen LogP contribution is 2.29. The van der Waals surface area contributed by atoms with Crippen molar-refractivity contribution in [2.24, 2.45) is 0 Å². The smallest absolute Gasteiger partial charge is 0.307 e. The zero-order chi connectivity index (χ0) is 11.7. The maximum atomic E-state index is 10.7. The summed E-state index contributed by atoms with van der Waals surface area (Å²) >= 11 is 11.0. The third-order valence-electron chi connectivity index (χ3n) is 2.36. The van der Waals surface area contributed by atoms with Crippen molar-refractivity contribution in [1.29, 1.82) is 0 Å². The first kappa shape index (κ1) is 11.1. The zero-order valence-corrected chi connectivity index (χ0v) is 9.73. The fourth-order valence-electron chi connectivity index (χ4n) is 1.64. The molecule has 0 saturated carbocycles. The molecule has 0 aliphatic carbocycles. The number of halogens is 1. The third-order valence-corrected chi connectivity index (χ3v) is 3.05. The van der Waals surface area contributed by atoms with E-state index in [1.54, 1.807) is 12.3 Å². The van der Waals surface area contributed by atoms with Crippen molar-refractivity contribution >= 4 is 46.1 Å². The highest BCUT2D eigenvalue weighted by Gasteiger charge is 2.12. The number of fused-ring (bicyclic) bond motifs is 1. The van der Waals surface area contributed by atoms with Crippen molar-refractivity contribution in [1.82, 2.24) is 4.98 Å². The van der Waals surface area contributed by atoms with E-state index in [0.717, 1.165) is 16.5 Å². The van der Waals surface area contributed by atoms with Crippen LogP contribution >= 0.6 is 23.8 Å². The summed E-state index contributed by atoms with van der Waals surface area (Å²) in [4.78, 5) is 13.7. The first-order valence-electron chi connectivity index (χ1n) is 4.59. The lowest BCUT2D eigenvalue weighted by Crippen LogP contribution is -2.00. The maximum Gasteiger partial charge on any atom is 0.307 e. The van der Waals surface area contributed by atoms with Crippen molar-refractivity contribution in [3.05, 3.63) is 34.5 Å². The Morgan fingerprint density at radius 1 is 1.56 bits per heavy atom. The Hall–Kier alpha value is -1.39. The summed E-state index contributed by atoms with van der Waals surface area (Å²) in [6.45, 7) is 0. The Morgan fingerprint density at radius 2 is 2.31 bits per heavy atom. The molecule has 1 heterocycles. The van der Waals surface area contributed by atoms with E-state index >= 15 is 0 Å². The molecule has 0 atom stereocenters. The van der Waals surface area contributed by atoms with Crippen LogP contribution in [0.3, 0.4) is 0 Å². The van der Waals surface area contributed by atoms with Gasteiger partial charge in [0.2, 0.25) is 0 Å². The van der Waals surface area contributed by atoms with Gasteiger partial charge in [0.15, 0.2) is 0 Å². The van der Waals surface area contributed by atoms with Crippen LogP contribution in [0.25, 0.3) is 10.9 Å². The molecule has 0 spiro atoms. The molecule has 0 aliphatic heterocycles. The van der Waals surface area contributed by atoms with E-state index in [9.17, 15) is 4.79 Å². The highest BCUT2D eigenvalue weighted by molar-refractivity contribution is 7.79. The fourth-order valence-corrected chi connectivity index (χ4v) is 2.17. The average molecular weight is 254 g/mol. The lowest BCUT2D eigenvalue weighted by molar-refractivity contribution is -0.136. The summed E-state index contributed by atoms with van der Waals surface area (Å²) < 4.78 is 0. The van der Waals surface area contributed by atoms with Crippen molar-refractivity contribution in [3.8, 4) is 0 Å². The molecule has 1 aromatic carbocycles. The van der Waals surface area contributed by atoms with Crippen LogP contribution in [0.2, 0.25) is 5.02 Å². The molecule has 0 fully saturated rings. The highest BCUT2D eigenvalue weighted by atomic mass is 35.5. The molecule has 0 amide bonds. The van der Waals surface area contributed by atoms with E-state index in [0.29, 0.717) is 10.6 Å². The Morgan fingerprint density at radius 3 is 2.94 bits per heavy atom. The predicted molar refractivity (Wildman–Crippen MR) is 67.4 cm³/mol. The van der Waals surface area contributed by atoms with Crippen LogP contribution in [0, 0.1) is 0 Å². The molecule has 0 bridgehead atoms.